The van der Waals surface area contributed by atoms with Crippen molar-refractivity contribution in [1.29, 1.82) is 0 Å². The van der Waals surface area contributed by atoms with Gasteiger partial charge in [0.15, 0.2) is 0 Å². The molecule has 212 valence electrons. The molecule has 0 bridgehead atoms. The van der Waals surface area contributed by atoms with Crippen molar-refractivity contribution in [3.63, 3.8) is 0 Å². The number of hydrogen-bond acceptors (Lipinski definition) is 9. The van der Waals surface area contributed by atoms with E-state index >= 15 is 0 Å². The maximum Gasteiger partial charge on any atom is 0.351 e. The SMILES string of the molecule is COc1ccc(C(OC[C@H]2O[C@@H](n3ccc(N)nc3=O)C[C@@H]2OC=O)(c2ccccc2)c2ccc(OC)cc2)cc1. The molecular formula is C31H31N3O7. The van der Waals surface area contributed by atoms with Crippen LogP contribution in [0.15, 0.2) is 95.9 Å². The largest absolute Gasteiger partial charge is 0.497 e. The number of nitrogens with two attached hydrogens (primary N) is 1. The highest BCUT2D eigenvalue weighted by atomic mass is 16.6. The standard InChI is InChI=1S/C31H31N3O7/c1-37-24-12-8-22(9-13-24)31(21-6-4-3-5-7-21,23-10-14-25(38-2)15-11-23)40-19-27-26(39-20-35)18-29(41-27)34-17-16-28(32)33-30(34)36/h3-17,20,26-27,29H,18-19H2,1-2H3,(H2,32,33,36)/t26-,27+,29+/m0/s1. The zero-order valence-corrected chi connectivity index (χ0v) is 22.7. The topological polar surface area (TPSA) is 124 Å². The minimum atomic E-state index is -1.09. The summed E-state index contributed by atoms with van der Waals surface area (Å²) >= 11 is 0. The summed E-state index contributed by atoms with van der Waals surface area (Å²) in [6.45, 7) is 0.407. The summed E-state index contributed by atoms with van der Waals surface area (Å²) in [4.78, 5) is 27.7. The number of nitrogens with zero attached hydrogens (tertiary/aromatic N) is 2. The van der Waals surface area contributed by atoms with Gasteiger partial charge < -0.3 is 29.4 Å². The summed E-state index contributed by atoms with van der Waals surface area (Å²) < 4.78 is 30.7. The third-order valence-corrected chi connectivity index (χ3v) is 7.21. The number of methoxy groups -OCH3 is 2. The van der Waals surface area contributed by atoms with Crippen LogP contribution in [0.25, 0.3) is 0 Å². The van der Waals surface area contributed by atoms with Crippen LogP contribution in [-0.4, -0.2) is 49.1 Å². The molecule has 2 heterocycles. The minimum Gasteiger partial charge on any atom is -0.497 e. The van der Waals surface area contributed by atoms with Crippen LogP contribution in [0.2, 0.25) is 0 Å². The zero-order chi connectivity index (χ0) is 28.8. The van der Waals surface area contributed by atoms with E-state index in [-0.39, 0.29) is 18.8 Å². The molecule has 1 aromatic heterocycles. The lowest BCUT2D eigenvalue weighted by Crippen LogP contribution is -2.38. The van der Waals surface area contributed by atoms with E-state index in [1.807, 2.05) is 78.9 Å². The molecule has 3 atom stereocenters. The van der Waals surface area contributed by atoms with Gasteiger partial charge in [0.2, 0.25) is 0 Å². The number of benzene rings is 3. The molecule has 1 aliphatic heterocycles. The molecule has 41 heavy (non-hydrogen) atoms. The first-order chi connectivity index (χ1) is 20.0. The van der Waals surface area contributed by atoms with Crippen molar-refractivity contribution in [1.82, 2.24) is 9.55 Å². The minimum absolute atomic E-state index is 0.0269. The molecule has 10 heteroatoms. The normalized spacial score (nSPS) is 18.5. The summed E-state index contributed by atoms with van der Waals surface area (Å²) in [5.41, 5.74) is 6.56. The third kappa shape index (κ3) is 5.65. The molecule has 0 aliphatic carbocycles. The Hall–Kier alpha value is -4.67. The maximum atomic E-state index is 12.5. The molecule has 2 N–H and O–H groups in total. The van der Waals surface area contributed by atoms with Crippen molar-refractivity contribution in [2.24, 2.45) is 0 Å². The van der Waals surface area contributed by atoms with Gasteiger partial charge in [0.25, 0.3) is 6.47 Å². The maximum absolute atomic E-state index is 12.5. The summed E-state index contributed by atoms with van der Waals surface area (Å²) in [5.74, 6) is 1.51. The van der Waals surface area contributed by atoms with Gasteiger partial charge in [-0.1, -0.05) is 54.6 Å². The van der Waals surface area contributed by atoms with Gasteiger partial charge in [0, 0.05) is 12.6 Å². The number of hydrogen-bond donors (Lipinski definition) is 1. The summed E-state index contributed by atoms with van der Waals surface area (Å²) in [6, 6.07) is 26.6. The van der Waals surface area contributed by atoms with Crippen molar-refractivity contribution >= 4 is 12.3 Å². The molecule has 5 rings (SSSR count). The van der Waals surface area contributed by atoms with E-state index < -0.39 is 29.7 Å². The first-order valence-electron chi connectivity index (χ1n) is 13.1. The Morgan fingerprint density at radius 3 is 2.05 bits per heavy atom. The molecule has 1 saturated heterocycles. The van der Waals surface area contributed by atoms with Crippen LogP contribution in [0.3, 0.4) is 0 Å². The fourth-order valence-corrected chi connectivity index (χ4v) is 5.16. The number of carbonyl (C=O) groups is 1. The molecule has 4 aromatic rings. The quantitative estimate of drug-likeness (QED) is 0.217. The monoisotopic (exact) mass is 557 g/mol. The Kier molecular flexibility index (Phi) is 8.32. The Bertz CT molecular complexity index is 1460. The van der Waals surface area contributed by atoms with Crippen LogP contribution < -0.4 is 20.9 Å². The number of rotatable bonds is 11. The Morgan fingerprint density at radius 1 is 0.927 bits per heavy atom. The second-order valence-corrected chi connectivity index (χ2v) is 9.49. The van der Waals surface area contributed by atoms with Gasteiger partial charge in [-0.05, 0) is 47.0 Å². The van der Waals surface area contributed by atoms with Crippen LogP contribution >= 0.6 is 0 Å². The number of aromatic nitrogens is 2. The average molecular weight is 558 g/mol. The van der Waals surface area contributed by atoms with Crippen molar-refractivity contribution in [3.8, 4) is 11.5 Å². The Balaban J connectivity index is 1.56. The molecule has 0 spiro atoms. The van der Waals surface area contributed by atoms with Gasteiger partial charge in [0.1, 0.15) is 41.4 Å². The highest BCUT2D eigenvalue weighted by Gasteiger charge is 2.43. The Morgan fingerprint density at radius 2 is 1.51 bits per heavy atom. The lowest BCUT2D eigenvalue weighted by Gasteiger charge is -2.37. The first-order valence-corrected chi connectivity index (χ1v) is 13.1. The molecule has 10 nitrogen and oxygen atoms in total. The van der Waals surface area contributed by atoms with Crippen LogP contribution in [0.5, 0.6) is 11.5 Å². The van der Waals surface area contributed by atoms with Crippen molar-refractivity contribution in [2.45, 2.75) is 30.5 Å². The fourth-order valence-electron chi connectivity index (χ4n) is 5.16. The predicted octanol–water partition coefficient (Wildman–Crippen LogP) is 3.68. The van der Waals surface area contributed by atoms with Crippen molar-refractivity contribution < 1.29 is 28.5 Å². The molecule has 0 amide bonds. The van der Waals surface area contributed by atoms with E-state index in [0.29, 0.717) is 18.0 Å². The second-order valence-electron chi connectivity index (χ2n) is 9.49. The van der Waals surface area contributed by atoms with E-state index in [1.54, 1.807) is 14.2 Å². The summed E-state index contributed by atoms with van der Waals surface area (Å²) in [5, 5.41) is 0. The van der Waals surface area contributed by atoms with Crippen LogP contribution in [-0.2, 0) is 24.6 Å². The van der Waals surface area contributed by atoms with Crippen molar-refractivity contribution in [2.75, 3.05) is 26.6 Å². The lowest BCUT2D eigenvalue weighted by molar-refractivity contribution is -0.141. The predicted molar refractivity (Wildman–Crippen MR) is 151 cm³/mol. The van der Waals surface area contributed by atoms with Gasteiger partial charge in [0.05, 0.1) is 20.8 Å². The van der Waals surface area contributed by atoms with Gasteiger partial charge in [-0.2, -0.15) is 4.98 Å². The van der Waals surface area contributed by atoms with E-state index in [0.717, 1.165) is 16.7 Å². The van der Waals surface area contributed by atoms with Crippen molar-refractivity contribution in [3.05, 3.63) is 118 Å². The summed E-state index contributed by atoms with van der Waals surface area (Å²) in [7, 11) is 3.23. The van der Waals surface area contributed by atoms with Crippen LogP contribution in [0.4, 0.5) is 5.82 Å². The van der Waals surface area contributed by atoms with Gasteiger partial charge in [-0.15, -0.1) is 0 Å². The Labute approximate surface area is 237 Å². The van der Waals surface area contributed by atoms with E-state index in [9.17, 15) is 9.59 Å². The first kappa shape index (κ1) is 27.9. The zero-order valence-electron chi connectivity index (χ0n) is 22.7. The molecule has 1 aliphatic rings. The number of anilines is 1. The number of carbonyl (C=O) groups excluding carboxylic acids is 1. The van der Waals surface area contributed by atoms with E-state index in [4.69, 9.17) is 29.4 Å². The fraction of sp³-hybridized carbons (Fsp3) is 0.258. The number of ether oxygens (including phenoxy) is 5. The molecular weight excluding hydrogens is 526 g/mol. The van der Waals surface area contributed by atoms with Crippen LogP contribution in [0.1, 0.15) is 29.3 Å². The summed E-state index contributed by atoms with van der Waals surface area (Å²) in [6.07, 6.45) is -0.320. The van der Waals surface area contributed by atoms with Gasteiger partial charge >= 0.3 is 5.69 Å². The molecule has 1 fully saturated rings. The highest BCUT2D eigenvalue weighted by molar-refractivity contribution is 5.49. The molecule has 0 radical (unpaired) electrons. The third-order valence-electron chi connectivity index (χ3n) is 7.21. The average Bonchev–Trinajstić information content (AvgIpc) is 3.41. The van der Waals surface area contributed by atoms with E-state index in [2.05, 4.69) is 4.98 Å². The smallest absolute Gasteiger partial charge is 0.351 e. The lowest BCUT2D eigenvalue weighted by atomic mass is 9.80. The molecule has 0 unspecified atom stereocenters. The van der Waals surface area contributed by atoms with Gasteiger partial charge in [-0.25, -0.2) is 4.79 Å². The van der Waals surface area contributed by atoms with E-state index in [1.165, 1.54) is 16.8 Å². The van der Waals surface area contributed by atoms with Crippen LogP contribution in [0, 0.1) is 0 Å². The second kappa shape index (κ2) is 12.2. The highest BCUT2D eigenvalue weighted by Crippen LogP contribution is 2.43. The molecule has 0 saturated carbocycles. The van der Waals surface area contributed by atoms with Gasteiger partial charge in [-0.3, -0.25) is 9.36 Å². The molecule has 3 aromatic carbocycles. The number of nitrogen functional groups attached to an aromatic ring is 1.